The first-order chi connectivity index (χ1) is 19.0. The summed E-state index contributed by atoms with van der Waals surface area (Å²) in [5.41, 5.74) is 0.230. The van der Waals surface area contributed by atoms with Crippen molar-refractivity contribution in [3.05, 3.63) is 71.8 Å². The van der Waals surface area contributed by atoms with Crippen LogP contribution in [-0.2, 0) is 5.60 Å². The molecular weight excluding hydrogens is 482 g/mol. The highest BCUT2D eigenvalue weighted by Gasteiger charge is 2.43. The molecule has 5 fully saturated rings. The van der Waals surface area contributed by atoms with Gasteiger partial charge in [0.15, 0.2) is 0 Å². The number of amides is 2. The van der Waals surface area contributed by atoms with Gasteiger partial charge in [-0.1, -0.05) is 60.7 Å². The smallest absolute Gasteiger partial charge is 0.315 e. The number of benzene rings is 2. The van der Waals surface area contributed by atoms with Gasteiger partial charge < -0.3 is 20.6 Å². The van der Waals surface area contributed by atoms with Gasteiger partial charge in [0.25, 0.3) is 0 Å². The molecule has 2 aromatic rings. The molecule has 3 saturated carbocycles. The summed E-state index contributed by atoms with van der Waals surface area (Å²) in [4.78, 5) is 16.0. The number of urea groups is 1. The summed E-state index contributed by atoms with van der Waals surface area (Å²) >= 11 is 0. The van der Waals surface area contributed by atoms with Crippen LogP contribution in [0.25, 0.3) is 0 Å². The Labute approximate surface area is 234 Å². The number of aliphatic hydroxyl groups is 1. The molecule has 0 spiro atoms. The van der Waals surface area contributed by atoms with Crippen molar-refractivity contribution in [1.82, 2.24) is 15.5 Å². The van der Waals surface area contributed by atoms with E-state index in [1.807, 2.05) is 67.6 Å². The molecule has 3 aliphatic carbocycles. The molecule has 5 atom stereocenters. The van der Waals surface area contributed by atoms with Crippen LogP contribution >= 0.6 is 0 Å². The Morgan fingerprint density at radius 3 is 2.03 bits per heavy atom. The largest absolute Gasteiger partial charge is 0.378 e. The van der Waals surface area contributed by atoms with Crippen LogP contribution in [0.15, 0.2) is 60.7 Å². The van der Waals surface area contributed by atoms with Crippen molar-refractivity contribution < 1.29 is 9.90 Å². The lowest BCUT2D eigenvalue weighted by Crippen LogP contribution is -2.54. The monoisotopic (exact) mass is 529 g/mol. The predicted octanol–water partition coefficient (Wildman–Crippen LogP) is 6.07. The van der Waals surface area contributed by atoms with Crippen LogP contribution in [0.2, 0.25) is 0 Å². The van der Waals surface area contributed by atoms with Crippen LogP contribution in [0.5, 0.6) is 0 Å². The summed E-state index contributed by atoms with van der Waals surface area (Å²) in [6.45, 7) is 4.52. The molecule has 2 heterocycles. The molecule has 2 unspecified atom stereocenters. The molecule has 5 aliphatic rings. The summed E-state index contributed by atoms with van der Waals surface area (Å²) in [6, 6.07) is 19.7. The molecule has 2 amide bonds. The molecule has 3 N–H and O–H groups in total. The zero-order chi connectivity index (χ0) is 26.8. The van der Waals surface area contributed by atoms with Crippen molar-refractivity contribution >= 4 is 6.03 Å². The van der Waals surface area contributed by atoms with E-state index in [0.29, 0.717) is 0 Å². The number of hydrogen-bond acceptors (Lipinski definition) is 3. The fourth-order valence-corrected chi connectivity index (χ4v) is 8.68. The number of carbonyl (C=O) groups excluding carboxylic acids is 1. The first-order valence-corrected chi connectivity index (χ1v) is 15.6. The average molecular weight is 530 g/mol. The van der Waals surface area contributed by atoms with E-state index in [4.69, 9.17) is 0 Å². The van der Waals surface area contributed by atoms with E-state index < -0.39 is 11.6 Å². The third-order valence-electron chi connectivity index (χ3n) is 10.6. The quantitative estimate of drug-likeness (QED) is 0.389. The first-order valence-electron chi connectivity index (χ1n) is 15.6. The standard InChI is InChI=1S/C34H47N3O2/c1-24(34(39,29-8-4-2-5-9-29)30-10-6-3-7-11-30)35-33(38)36-31-14-12-25(13-15-31)16-17-37-23-28-19-26-18-27(20-28)22-32(37)21-26/h2-11,24-28,31-32,39H,12-23H2,1H3,(H2,35,36,38)/t24-,25?,26-,27+,28?,31?,32?/m1/s1. The van der Waals surface area contributed by atoms with Gasteiger partial charge in [-0.3, -0.25) is 0 Å². The predicted molar refractivity (Wildman–Crippen MR) is 156 cm³/mol. The Morgan fingerprint density at radius 1 is 0.872 bits per heavy atom. The van der Waals surface area contributed by atoms with Gasteiger partial charge in [-0.15, -0.1) is 0 Å². The van der Waals surface area contributed by atoms with Crippen molar-refractivity contribution in [1.29, 1.82) is 0 Å². The van der Waals surface area contributed by atoms with Crippen LogP contribution in [0, 0.1) is 23.7 Å². The van der Waals surface area contributed by atoms with Gasteiger partial charge in [0.05, 0.1) is 6.04 Å². The fourth-order valence-electron chi connectivity index (χ4n) is 8.68. The molecule has 4 bridgehead atoms. The van der Waals surface area contributed by atoms with Gasteiger partial charge in [-0.05, 0) is 112 Å². The van der Waals surface area contributed by atoms with Crippen LogP contribution < -0.4 is 10.6 Å². The zero-order valence-electron chi connectivity index (χ0n) is 23.6. The summed E-state index contributed by atoms with van der Waals surface area (Å²) in [5, 5.41) is 18.2. The lowest BCUT2D eigenvalue weighted by molar-refractivity contribution is 0.0470. The highest BCUT2D eigenvalue weighted by atomic mass is 16.3. The second kappa shape index (κ2) is 11.6. The van der Waals surface area contributed by atoms with Crippen molar-refractivity contribution in [2.24, 2.45) is 23.7 Å². The number of fused-ring (bicyclic) bond motifs is 1. The van der Waals surface area contributed by atoms with E-state index in [1.165, 1.54) is 64.5 Å². The van der Waals surface area contributed by atoms with Gasteiger partial charge in [-0.2, -0.15) is 0 Å². The average Bonchev–Trinajstić information content (AvgIpc) is 3.15. The Kier molecular flexibility index (Phi) is 8.00. The van der Waals surface area contributed by atoms with Crippen molar-refractivity contribution in [2.45, 2.75) is 94.9 Å². The highest BCUT2D eigenvalue weighted by Crippen LogP contribution is 2.47. The van der Waals surface area contributed by atoms with E-state index in [-0.39, 0.29) is 12.1 Å². The molecule has 2 saturated heterocycles. The van der Waals surface area contributed by atoms with E-state index in [9.17, 15) is 9.90 Å². The molecule has 0 radical (unpaired) electrons. The van der Waals surface area contributed by atoms with E-state index in [0.717, 1.165) is 53.7 Å². The third-order valence-corrected chi connectivity index (χ3v) is 10.6. The molecule has 5 heteroatoms. The normalized spacial score (nSPS) is 31.4. The van der Waals surface area contributed by atoms with Crippen LogP contribution in [0.4, 0.5) is 4.79 Å². The minimum Gasteiger partial charge on any atom is -0.378 e. The van der Waals surface area contributed by atoms with Crippen LogP contribution in [0.3, 0.4) is 0 Å². The molecular formula is C34H47N3O2. The third kappa shape index (κ3) is 5.90. The minimum absolute atomic E-state index is 0.188. The molecule has 5 nitrogen and oxygen atoms in total. The second-order valence-corrected chi connectivity index (χ2v) is 13.3. The fraction of sp³-hybridized carbons (Fsp3) is 0.618. The summed E-state index contributed by atoms with van der Waals surface area (Å²) < 4.78 is 0. The molecule has 0 aromatic heterocycles. The maximum absolute atomic E-state index is 13.1. The van der Waals surface area contributed by atoms with E-state index in [1.54, 1.807) is 0 Å². The molecule has 7 rings (SSSR count). The van der Waals surface area contributed by atoms with Gasteiger partial charge in [0, 0.05) is 18.6 Å². The van der Waals surface area contributed by atoms with Crippen LogP contribution in [0.1, 0.15) is 82.3 Å². The topological polar surface area (TPSA) is 64.6 Å². The molecule has 39 heavy (non-hydrogen) atoms. The van der Waals surface area contributed by atoms with E-state index in [2.05, 4.69) is 15.5 Å². The Morgan fingerprint density at radius 2 is 1.44 bits per heavy atom. The van der Waals surface area contributed by atoms with Gasteiger partial charge in [-0.25, -0.2) is 4.79 Å². The van der Waals surface area contributed by atoms with Crippen molar-refractivity contribution in [3.8, 4) is 0 Å². The maximum Gasteiger partial charge on any atom is 0.315 e. The minimum atomic E-state index is -1.32. The number of hydrogen-bond donors (Lipinski definition) is 3. The first kappa shape index (κ1) is 26.8. The highest BCUT2D eigenvalue weighted by molar-refractivity contribution is 5.75. The molecule has 2 aliphatic heterocycles. The van der Waals surface area contributed by atoms with E-state index >= 15 is 0 Å². The number of nitrogens with zero attached hydrogens (tertiary/aromatic N) is 1. The Hall–Kier alpha value is -2.37. The van der Waals surface area contributed by atoms with Crippen molar-refractivity contribution in [3.63, 3.8) is 0 Å². The summed E-state index contributed by atoms with van der Waals surface area (Å²) in [5.74, 6) is 3.78. The zero-order valence-corrected chi connectivity index (χ0v) is 23.6. The summed E-state index contributed by atoms with van der Waals surface area (Å²) in [7, 11) is 0. The molecule has 210 valence electrons. The van der Waals surface area contributed by atoms with Gasteiger partial charge in [0.1, 0.15) is 5.60 Å². The van der Waals surface area contributed by atoms with Crippen molar-refractivity contribution in [2.75, 3.05) is 13.1 Å². The maximum atomic E-state index is 13.1. The number of nitrogens with one attached hydrogen (secondary N) is 2. The summed E-state index contributed by atoms with van der Waals surface area (Å²) in [6.07, 6.45) is 13.2. The Bertz CT molecular complexity index is 1030. The Balaban J connectivity index is 0.987. The number of rotatable bonds is 8. The van der Waals surface area contributed by atoms with Gasteiger partial charge in [0.2, 0.25) is 0 Å². The second-order valence-electron chi connectivity index (χ2n) is 13.3. The number of carbonyl (C=O) groups is 1. The van der Waals surface area contributed by atoms with Gasteiger partial charge >= 0.3 is 6.03 Å². The van der Waals surface area contributed by atoms with Crippen LogP contribution in [-0.4, -0.2) is 47.3 Å². The molecule has 2 aromatic carbocycles. The lowest BCUT2D eigenvalue weighted by atomic mass is 9.68. The SMILES string of the molecule is C[C@@H](NC(=O)NC1CCC(CCN2CC3C[C@@H]4CC2C[C@H](C3)C4)CC1)C(O)(c1ccccc1)c1ccccc1. The lowest BCUT2D eigenvalue weighted by Gasteiger charge is -2.39.